The SMILES string of the molecule is [2H]c1c([2H])c(-c2cccc(-c3c([2H])c([2H])c(C([2H])(C([2H])([2H])[2H])C([2H])([2H])[2H])c([2H])c3[2H])c2N2CN(c3cccc(Oc4ccc5c6ccccc6n(-c6cc(C(C)(C)C)ccn6)c5c4)c3)c3ccccc32)c([2H])c([2H])c1-c1ccc(C(C)(C)C)cc1. The summed E-state index contributed by atoms with van der Waals surface area (Å²) in [5.74, 6) is -1.77. The lowest BCUT2D eigenvalue weighted by Gasteiger charge is -2.27. The maximum atomic E-state index is 9.71. The summed E-state index contributed by atoms with van der Waals surface area (Å²) in [6, 6.07) is 39.8. The molecule has 346 valence electrons. The number of pyridine rings is 1. The smallest absolute Gasteiger partial charge is 0.137 e. The van der Waals surface area contributed by atoms with E-state index in [4.69, 9.17) is 19.3 Å². The van der Waals surface area contributed by atoms with Gasteiger partial charge in [-0.2, -0.15) is 0 Å². The van der Waals surface area contributed by atoms with E-state index in [2.05, 4.69) is 64.3 Å². The quantitative estimate of drug-likeness (QED) is 0.144. The third kappa shape index (κ3) is 8.30. The molecule has 11 rings (SSSR count). The van der Waals surface area contributed by atoms with Crippen LogP contribution in [0.4, 0.5) is 22.7 Å². The van der Waals surface area contributed by atoms with Gasteiger partial charge in [0.2, 0.25) is 0 Å². The van der Waals surface area contributed by atoms with Crippen molar-refractivity contribution in [2.75, 3.05) is 16.5 Å². The average molecular weight is 928 g/mol. The monoisotopic (exact) mass is 928 g/mol. The van der Waals surface area contributed by atoms with Crippen LogP contribution in [0.1, 0.15) is 98.4 Å². The Balaban J connectivity index is 1.07. The summed E-state index contributed by atoms with van der Waals surface area (Å²) < 4.78 is 143. The lowest BCUT2D eigenvalue weighted by atomic mass is 9.86. The molecular weight excluding hydrogens is 853 g/mol. The van der Waals surface area contributed by atoms with Crippen LogP contribution < -0.4 is 14.5 Å². The van der Waals surface area contributed by atoms with Crippen LogP contribution in [0, 0.1) is 0 Å². The molecule has 0 saturated carbocycles. The normalized spacial score (nSPS) is 16.5. The Morgan fingerprint density at radius 3 is 1.86 bits per heavy atom. The number of aromatic nitrogens is 2. The fourth-order valence-electron chi connectivity index (χ4n) is 9.28. The number of rotatable bonds is 9. The van der Waals surface area contributed by atoms with Gasteiger partial charge in [0, 0.05) is 55.5 Å². The van der Waals surface area contributed by atoms with Crippen molar-refractivity contribution in [1.82, 2.24) is 9.55 Å². The van der Waals surface area contributed by atoms with Gasteiger partial charge in [-0.3, -0.25) is 4.57 Å². The molecule has 0 fully saturated rings. The molecule has 0 unspecified atom stereocenters. The Labute approximate surface area is 434 Å². The second kappa shape index (κ2) is 17.6. The molecule has 0 spiro atoms. The molecule has 0 bridgehead atoms. The maximum absolute atomic E-state index is 9.71. The van der Waals surface area contributed by atoms with E-state index in [1.54, 1.807) is 24.3 Å². The highest BCUT2D eigenvalue weighted by molar-refractivity contribution is 6.09. The summed E-state index contributed by atoms with van der Waals surface area (Å²) >= 11 is 0. The molecule has 2 aromatic heterocycles. The van der Waals surface area contributed by atoms with Gasteiger partial charge in [0.25, 0.3) is 0 Å². The van der Waals surface area contributed by atoms with Crippen LogP contribution in [0.15, 0.2) is 200 Å². The molecule has 0 saturated heterocycles. The van der Waals surface area contributed by atoms with Crippen molar-refractivity contribution in [2.45, 2.75) is 72.0 Å². The first-order valence-corrected chi connectivity index (χ1v) is 23.3. The predicted molar refractivity (Wildman–Crippen MR) is 295 cm³/mol. The topological polar surface area (TPSA) is 33.5 Å². The van der Waals surface area contributed by atoms with Gasteiger partial charge in [0.1, 0.15) is 24.0 Å². The average Bonchev–Trinajstić information content (AvgIpc) is 1.93. The van der Waals surface area contributed by atoms with E-state index >= 15 is 0 Å². The first-order chi connectivity index (χ1) is 39.9. The third-order valence-corrected chi connectivity index (χ3v) is 13.0. The van der Waals surface area contributed by atoms with Crippen LogP contribution >= 0.6 is 0 Å². The van der Waals surface area contributed by atoms with Gasteiger partial charge in [-0.05, 0) is 110 Å². The number of nitrogens with zero attached hydrogens (tertiary/aromatic N) is 4. The summed E-state index contributed by atoms with van der Waals surface area (Å²) in [7, 11) is 0. The standard InChI is InChI=1S/C65H60N4O/c1-43(2)44-23-27-47(28-24-44)54-18-14-19-55(48-29-25-45(26-30-48)46-31-33-49(34-32-46)64(3,4)5)63(54)68-42-67(59-21-11-12-22-60(59)68)51-15-13-16-52(40-51)70-53-35-36-57-56-17-9-10-20-58(56)69(61(57)41-53)62-39-50(37-38-66-62)65(6,7)8/h9-41,43H,42H2,1-8H3/i1D3,2D3,23D,24D,25D,26D,27D,28D,29D,30D,43D. The highest BCUT2D eigenvalue weighted by Crippen LogP contribution is 2.51. The molecule has 8 aromatic carbocycles. The molecule has 0 N–H and O–H groups in total. The first kappa shape index (κ1) is 30.6. The van der Waals surface area contributed by atoms with Crippen LogP contribution in [0.2, 0.25) is 0 Å². The largest absolute Gasteiger partial charge is 0.457 e. The summed E-state index contributed by atoms with van der Waals surface area (Å²) in [5.41, 5.74) is 4.70. The van der Waals surface area contributed by atoms with Gasteiger partial charge in [-0.25, -0.2) is 4.98 Å². The molecule has 0 aliphatic carbocycles. The van der Waals surface area contributed by atoms with E-state index in [1.807, 2.05) is 107 Å². The lowest BCUT2D eigenvalue weighted by molar-refractivity contribution is 0.483. The fourth-order valence-corrected chi connectivity index (χ4v) is 9.28. The zero-order chi connectivity index (χ0) is 61.2. The van der Waals surface area contributed by atoms with Crippen molar-refractivity contribution < 1.29 is 25.3 Å². The number of para-hydroxylation sites is 4. The second-order valence-corrected chi connectivity index (χ2v) is 19.7. The van der Waals surface area contributed by atoms with E-state index in [9.17, 15) is 11.0 Å². The van der Waals surface area contributed by atoms with Crippen molar-refractivity contribution in [2.24, 2.45) is 0 Å². The molecule has 5 nitrogen and oxygen atoms in total. The van der Waals surface area contributed by atoms with Crippen molar-refractivity contribution >= 4 is 44.6 Å². The Bertz CT molecular complexity index is 4260. The molecule has 0 radical (unpaired) electrons. The van der Waals surface area contributed by atoms with E-state index in [0.29, 0.717) is 34.1 Å². The number of hydrogen-bond acceptors (Lipinski definition) is 4. The highest BCUT2D eigenvalue weighted by atomic mass is 16.5. The zero-order valence-electron chi connectivity index (χ0n) is 54.8. The maximum Gasteiger partial charge on any atom is 0.137 e. The van der Waals surface area contributed by atoms with Gasteiger partial charge < -0.3 is 14.5 Å². The number of anilines is 4. The number of fused-ring (bicyclic) bond motifs is 4. The molecule has 1 aliphatic rings. The molecule has 10 aromatic rings. The highest BCUT2D eigenvalue weighted by Gasteiger charge is 2.32. The van der Waals surface area contributed by atoms with Gasteiger partial charge in [-0.15, -0.1) is 0 Å². The van der Waals surface area contributed by atoms with Crippen molar-refractivity contribution in [3.63, 3.8) is 0 Å². The van der Waals surface area contributed by atoms with Gasteiger partial charge in [0.15, 0.2) is 0 Å². The Morgan fingerprint density at radius 2 is 1.16 bits per heavy atom. The molecule has 0 amide bonds. The summed E-state index contributed by atoms with van der Waals surface area (Å²) in [5, 5.41) is 2.07. The van der Waals surface area contributed by atoms with Crippen LogP contribution in [-0.4, -0.2) is 16.2 Å². The van der Waals surface area contributed by atoms with Gasteiger partial charge >= 0.3 is 0 Å². The molecule has 0 atom stereocenters. The van der Waals surface area contributed by atoms with Crippen molar-refractivity contribution in [3.05, 3.63) is 217 Å². The first-order valence-electron chi connectivity index (χ1n) is 30.8. The predicted octanol–water partition coefficient (Wildman–Crippen LogP) is 17.9. The summed E-state index contributed by atoms with van der Waals surface area (Å²) in [6.45, 7) is 5.39. The minimum atomic E-state index is -3.63. The van der Waals surface area contributed by atoms with E-state index in [1.165, 1.54) is 12.1 Å². The van der Waals surface area contributed by atoms with Gasteiger partial charge in [-0.1, -0.05) is 182 Å². The van der Waals surface area contributed by atoms with Gasteiger partial charge in [0.05, 0.1) is 39.1 Å². The van der Waals surface area contributed by atoms with Crippen LogP contribution in [0.25, 0.3) is 61.0 Å². The van der Waals surface area contributed by atoms with E-state index in [0.717, 1.165) is 38.8 Å². The molecule has 3 heterocycles. The molecule has 70 heavy (non-hydrogen) atoms. The van der Waals surface area contributed by atoms with Crippen molar-refractivity contribution in [3.8, 4) is 50.7 Å². The fraction of sp³-hybridized carbons (Fsp3) is 0.185. The Kier molecular flexibility index (Phi) is 7.67. The lowest BCUT2D eigenvalue weighted by Crippen LogP contribution is -2.25. The minimum Gasteiger partial charge on any atom is -0.457 e. The third-order valence-electron chi connectivity index (χ3n) is 13.0. The number of ether oxygens (including phenoxy) is 1. The minimum absolute atomic E-state index is 0.0000196. The number of benzene rings is 8. The summed E-state index contributed by atoms with van der Waals surface area (Å²) in [4.78, 5) is 8.63. The van der Waals surface area contributed by atoms with Crippen LogP contribution in [0.5, 0.6) is 11.5 Å². The van der Waals surface area contributed by atoms with Crippen LogP contribution in [-0.2, 0) is 10.8 Å². The van der Waals surface area contributed by atoms with Crippen LogP contribution in [0.3, 0.4) is 0 Å². The van der Waals surface area contributed by atoms with Crippen molar-refractivity contribution in [1.29, 1.82) is 0 Å². The Hall–Kier alpha value is -7.89. The zero-order valence-corrected chi connectivity index (χ0v) is 39.8. The molecular formula is C65H60N4O. The molecule has 1 aliphatic heterocycles. The summed E-state index contributed by atoms with van der Waals surface area (Å²) in [6.07, 6.45) is 1.83. The Morgan fingerprint density at radius 1 is 0.543 bits per heavy atom. The van der Waals surface area contributed by atoms with E-state index < -0.39 is 61.4 Å². The molecule has 5 heteroatoms. The second-order valence-electron chi connectivity index (χ2n) is 19.7. The van der Waals surface area contributed by atoms with E-state index in [-0.39, 0.29) is 63.1 Å². The number of hydrogen-bond donors (Lipinski definition) is 0.